The third-order valence-corrected chi connectivity index (χ3v) is 11.1. The van der Waals surface area contributed by atoms with Crippen LogP contribution < -0.4 is 0 Å². The zero-order valence-corrected chi connectivity index (χ0v) is 22.0. The van der Waals surface area contributed by atoms with Crippen molar-refractivity contribution < 1.29 is 23.4 Å². The highest BCUT2D eigenvalue weighted by Gasteiger charge is 2.47. The van der Waals surface area contributed by atoms with Crippen LogP contribution in [0.5, 0.6) is 0 Å². The Bertz CT molecular complexity index is 905. The minimum absolute atomic E-state index is 0.135. The zero-order valence-electron chi connectivity index (χ0n) is 21.0. The number of esters is 1. The van der Waals surface area contributed by atoms with Gasteiger partial charge in [0.15, 0.2) is 20.2 Å². The number of rotatable bonds is 8. The quantitative estimate of drug-likeness (QED) is 0.325. The van der Waals surface area contributed by atoms with Crippen molar-refractivity contribution in [3.63, 3.8) is 0 Å². The standard InChI is InChI=1S/C27H38O5Si/c1-26(2,3)33(6,7)29-19-18-22-24(32-27(4,5)31-22)23(20-14-10-8-11-15-20)30-25(28)21-16-12-9-13-17-21/h8-17,22-24H,18-19H2,1-7H3/t22-,23-,24+/m1/s1. The second kappa shape index (κ2) is 10.1. The summed E-state index contributed by atoms with van der Waals surface area (Å²) >= 11 is 0. The largest absolute Gasteiger partial charge is 0.451 e. The van der Waals surface area contributed by atoms with Gasteiger partial charge in [-0.2, -0.15) is 0 Å². The first-order valence-electron chi connectivity index (χ1n) is 11.7. The van der Waals surface area contributed by atoms with E-state index < -0.39 is 26.3 Å². The maximum Gasteiger partial charge on any atom is 0.338 e. The molecule has 0 saturated carbocycles. The Morgan fingerprint density at radius 3 is 2.15 bits per heavy atom. The lowest BCUT2D eigenvalue weighted by atomic mass is 9.98. The molecule has 2 aromatic carbocycles. The van der Waals surface area contributed by atoms with E-state index in [4.69, 9.17) is 18.6 Å². The molecule has 0 N–H and O–H groups in total. The molecule has 0 radical (unpaired) electrons. The number of hydrogen-bond donors (Lipinski definition) is 0. The van der Waals surface area contributed by atoms with Gasteiger partial charge in [-0.15, -0.1) is 0 Å². The Balaban J connectivity index is 1.81. The first-order chi connectivity index (χ1) is 15.4. The van der Waals surface area contributed by atoms with E-state index in [0.29, 0.717) is 18.6 Å². The lowest BCUT2D eigenvalue weighted by Crippen LogP contribution is -2.42. The average molecular weight is 471 g/mol. The van der Waals surface area contributed by atoms with E-state index in [9.17, 15) is 4.79 Å². The highest BCUT2D eigenvalue weighted by molar-refractivity contribution is 6.74. The normalized spacial score (nSPS) is 21.5. The molecular formula is C27H38O5Si. The molecule has 0 amide bonds. The molecule has 1 saturated heterocycles. The Morgan fingerprint density at radius 1 is 1.00 bits per heavy atom. The van der Waals surface area contributed by atoms with Gasteiger partial charge in [-0.3, -0.25) is 0 Å². The topological polar surface area (TPSA) is 54.0 Å². The molecule has 0 aromatic heterocycles. The maximum absolute atomic E-state index is 13.0. The smallest absolute Gasteiger partial charge is 0.338 e. The fraction of sp³-hybridized carbons (Fsp3) is 0.519. The van der Waals surface area contributed by atoms with E-state index in [2.05, 4.69) is 33.9 Å². The molecule has 1 aliphatic heterocycles. The van der Waals surface area contributed by atoms with Crippen molar-refractivity contribution in [2.45, 2.75) is 83.3 Å². The molecule has 1 heterocycles. The zero-order chi connectivity index (χ0) is 24.3. The monoisotopic (exact) mass is 470 g/mol. The first-order valence-corrected chi connectivity index (χ1v) is 14.6. The van der Waals surface area contributed by atoms with Crippen molar-refractivity contribution in [1.29, 1.82) is 0 Å². The van der Waals surface area contributed by atoms with Gasteiger partial charge >= 0.3 is 5.97 Å². The predicted molar refractivity (Wildman–Crippen MR) is 133 cm³/mol. The van der Waals surface area contributed by atoms with Gasteiger partial charge in [0.1, 0.15) is 6.10 Å². The van der Waals surface area contributed by atoms with Crippen molar-refractivity contribution in [2.24, 2.45) is 0 Å². The number of benzene rings is 2. The summed E-state index contributed by atoms with van der Waals surface area (Å²) < 4.78 is 25.1. The van der Waals surface area contributed by atoms with Crippen LogP contribution in [-0.2, 0) is 18.6 Å². The number of carbonyl (C=O) groups is 1. The average Bonchev–Trinajstić information content (AvgIpc) is 3.06. The van der Waals surface area contributed by atoms with E-state index in [1.807, 2.05) is 62.4 Å². The third kappa shape index (κ3) is 6.54. The highest BCUT2D eigenvalue weighted by atomic mass is 28.4. The van der Waals surface area contributed by atoms with E-state index in [0.717, 1.165) is 5.56 Å². The van der Waals surface area contributed by atoms with E-state index in [1.54, 1.807) is 12.1 Å². The van der Waals surface area contributed by atoms with Gasteiger partial charge in [0, 0.05) is 6.61 Å². The summed E-state index contributed by atoms with van der Waals surface area (Å²) in [7, 11) is -1.88. The number of carbonyl (C=O) groups excluding carboxylic acids is 1. The molecule has 6 heteroatoms. The summed E-state index contributed by atoms with van der Waals surface area (Å²) in [5.74, 6) is -1.16. The molecule has 3 rings (SSSR count). The van der Waals surface area contributed by atoms with Crippen molar-refractivity contribution >= 4 is 14.3 Å². The fourth-order valence-corrected chi connectivity index (χ4v) is 4.78. The molecule has 180 valence electrons. The van der Waals surface area contributed by atoms with Crippen LogP contribution in [-0.4, -0.2) is 38.9 Å². The van der Waals surface area contributed by atoms with Gasteiger partial charge in [0.25, 0.3) is 0 Å². The molecule has 5 nitrogen and oxygen atoms in total. The Kier molecular flexibility index (Phi) is 7.84. The van der Waals surface area contributed by atoms with E-state index in [1.165, 1.54) is 0 Å². The molecule has 0 unspecified atom stereocenters. The second-order valence-corrected chi connectivity index (χ2v) is 15.4. The highest BCUT2D eigenvalue weighted by Crippen LogP contribution is 2.40. The summed E-state index contributed by atoms with van der Waals surface area (Å²) in [6, 6.07) is 18.8. The molecule has 0 spiro atoms. The molecule has 33 heavy (non-hydrogen) atoms. The van der Waals surface area contributed by atoms with Gasteiger partial charge in [-0.05, 0) is 56.1 Å². The van der Waals surface area contributed by atoms with Crippen LogP contribution in [0.4, 0.5) is 0 Å². The molecule has 3 atom stereocenters. The van der Waals surface area contributed by atoms with Gasteiger partial charge in [0.2, 0.25) is 0 Å². The Morgan fingerprint density at radius 2 is 1.58 bits per heavy atom. The third-order valence-electron chi connectivity index (χ3n) is 6.56. The minimum Gasteiger partial charge on any atom is -0.451 e. The van der Waals surface area contributed by atoms with Crippen LogP contribution >= 0.6 is 0 Å². The summed E-state index contributed by atoms with van der Waals surface area (Å²) in [5, 5.41) is 0.135. The Labute approximate surface area is 199 Å². The van der Waals surface area contributed by atoms with Crippen LogP contribution in [0.15, 0.2) is 60.7 Å². The molecule has 1 aliphatic rings. The van der Waals surface area contributed by atoms with Crippen LogP contribution in [0.1, 0.15) is 63.1 Å². The minimum atomic E-state index is -1.88. The van der Waals surface area contributed by atoms with Gasteiger partial charge in [-0.25, -0.2) is 4.79 Å². The molecule has 0 bridgehead atoms. The number of hydrogen-bond acceptors (Lipinski definition) is 5. The fourth-order valence-electron chi connectivity index (χ4n) is 3.71. The van der Waals surface area contributed by atoms with Crippen molar-refractivity contribution in [3.8, 4) is 0 Å². The molecular weight excluding hydrogens is 432 g/mol. The van der Waals surface area contributed by atoms with Crippen LogP contribution in [0, 0.1) is 0 Å². The van der Waals surface area contributed by atoms with Crippen molar-refractivity contribution in [3.05, 3.63) is 71.8 Å². The molecule has 1 fully saturated rings. The van der Waals surface area contributed by atoms with Gasteiger partial charge in [-0.1, -0.05) is 69.3 Å². The van der Waals surface area contributed by atoms with Crippen molar-refractivity contribution in [1.82, 2.24) is 0 Å². The van der Waals surface area contributed by atoms with Gasteiger partial charge < -0.3 is 18.6 Å². The molecule has 0 aliphatic carbocycles. The number of ether oxygens (including phenoxy) is 3. The van der Waals surface area contributed by atoms with Crippen LogP contribution in [0.25, 0.3) is 0 Å². The SMILES string of the molecule is CC1(C)O[C@H]([C@H](OC(=O)c2ccccc2)c2ccccc2)[C@@H](CCO[Si](C)(C)C(C)(C)C)O1. The summed E-state index contributed by atoms with van der Waals surface area (Å²) in [6.45, 7) is 15.6. The molecule has 2 aromatic rings. The predicted octanol–water partition coefficient (Wildman–Crippen LogP) is 6.52. The lowest BCUT2D eigenvalue weighted by Gasteiger charge is -2.36. The lowest BCUT2D eigenvalue weighted by molar-refractivity contribution is -0.156. The van der Waals surface area contributed by atoms with E-state index in [-0.39, 0.29) is 17.1 Å². The summed E-state index contributed by atoms with van der Waals surface area (Å²) in [6.07, 6.45) is -0.650. The maximum atomic E-state index is 13.0. The van der Waals surface area contributed by atoms with Crippen molar-refractivity contribution in [2.75, 3.05) is 6.61 Å². The summed E-state index contributed by atoms with van der Waals surface area (Å²) in [4.78, 5) is 13.0. The summed E-state index contributed by atoms with van der Waals surface area (Å²) in [5.41, 5.74) is 1.39. The second-order valence-electron chi connectivity index (χ2n) is 10.6. The Hall–Kier alpha value is -1.99. The van der Waals surface area contributed by atoms with Crippen LogP contribution in [0.3, 0.4) is 0 Å². The first kappa shape index (κ1) is 25.6. The van der Waals surface area contributed by atoms with Gasteiger partial charge in [0.05, 0.1) is 11.7 Å². The van der Waals surface area contributed by atoms with Crippen LogP contribution in [0.2, 0.25) is 18.1 Å². The van der Waals surface area contributed by atoms with E-state index >= 15 is 0 Å².